The van der Waals surface area contributed by atoms with E-state index in [0.717, 1.165) is 54.8 Å². The molecule has 0 spiro atoms. The molecule has 0 unspecified atom stereocenters. The molecule has 0 bridgehead atoms. The predicted octanol–water partition coefficient (Wildman–Crippen LogP) is 4.25. The van der Waals surface area contributed by atoms with Gasteiger partial charge in [-0.1, -0.05) is 6.07 Å². The van der Waals surface area contributed by atoms with Gasteiger partial charge in [0.25, 0.3) is 6.43 Å². The maximum absolute atomic E-state index is 12.7. The fourth-order valence-electron chi connectivity index (χ4n) is 3.68. The number of ether oxygens (including phenoxy) is 1. The zero-order valence-corrected chi connectivity index (χ0v) is 15.3. The first-order valence-corrected chi connectivity index (χ1v) is 9.24. The molecule has 2 aromatic heterocycles. The van der Waals surface area contributed by atoms with E-state index in [0.29, 0.717) is 5.89 Å². The van der Waals surface area contributed by atoms with Crippen LogP contribution in [0.15, 0.2) is 41.1 Å². The van der Waals surface area contributed by atoms with E-state index in [2.05, 4.69) is 9.88 Å². The number of nitrogens with zero attached hydrogens (tertiary/aromatic N) is 3. The Morgan fingerprint density at radius 2 is 2.07 bits per heavy atom. The van der Waals surface area contributed by atoms with Crippen molar-refractivity contribution in [2.45, 2.75) is 45.4 Å². The van der Waals surface area contributed by atoms with Crippen LogP contribution in [0.4, 0.5) is 8.78 Å². The number of rotatable bonds is 6. The second kappa shape index (κ2) is 7.68. The van der Waals surface area contributed by atoms with Gasteiger partial charge in [-0.15, -0.1) is 0 Å². The standard InChI is InChI=1S/C20H23F2N3O2/c1-14-23-15(13-26-14)11-24-8-5-16(6-9-24)27-19-4-2-3-18-17(19)7-10-25(18)12-20(21)22/h2-4,7,10,13,16,20H,5-6,8-9,11-12H2,1H3. The topological polar surface area (TPSA) is 43.4 Å². The molecule has 27 heavy (non-hydrogen) atoms. The maximum atomic E-state index is 12.7. The summed E-state index contributed by atoms with van der Waals surface area (Å²) in [5.74, 6) is 1.46. The Kier molecular flexibility index (Phi) is 5.11. The lowest BCUT2D eigenvalue weighted by Gasteiger charge is -2.31. The average Bonchev–Trinajstić information content (AvgIpc) is 3.23. The first kappa shape index (κ1) is 18.0. The molecule has 0 radical (unpaired) electrons. The minimum absolute atomic E-state index is 0.129. The van der Waals surface area contributed by atoms with Crippen molar-refractivity contribution in [3.05, 3.63) is 48.3 Å². The quantitative estimate of drug-likeness (QED) is 0.646. The number of halogens is 2. The maximum Gasteiger partial charge on any atom is 0.256 e. The van der Waals surface area contributed by atoms with Crippen molar-refractivity contribution < 1.29 is 17.9 Å². The zero-order valence-electron chi connectivity index (χ0n) is 15.3. The molecule has 0 atom stereocenters. The van der Waals surface area contributed by atoms with Crippen molar-refractivity contribution in [2.75, 3.05) is 13.1 Å². The highest BCUT2D eigenvalue weighted by Gasteiger charge is 2.22. The van der Waals surface area contributed by atoms with Crippen LogP contribution in [0.2, 0.25) is 0 Å². The van der Waals surface area contributed by atoms with E-state index in [4.69, 9.17) is 9.15 Å². The third kappa shape index (κ3) is 4.13. The number of hydrogen-bond donors (Lipinski definition) is 0. The molecule has 0 amide bonds. The molecule has 144 valence electrons. The minimum Gasteiger partial charge on any atom is -0.490 e. The van der Waals surface area contributed by atoms with E-state index in [1.807, 2.05) is 31.2 Å². The largest absolute Gasteiger partial charge is 0.490 e. The minimum atomic E-state index is -2.37. The zero-order chi connectivity index (χ0) is 18.8. The van der Waals surface area contributed by atoms with Crippen molar-refractivity contribution in [3.8, 4) is 5.75 Å². The van der Waals surface area contributed by atoms with Gasteiger partial charge in [0.15, 0.2) is 5.89 Å². The van der Waals surface area contributed by atoms with Crippen LogP contribution >= 0.6 is 0 Å². The molecule has 0 aliphatic carbocycles. The highest BCUT2D eigenvalue weighted by Crippen LogP contribution is 2.29. The smallest absolute Gasteiger partial charge is 0.256 e. The number of aryl methyl sites for hydroxylation is 1. The molecule has 1 saturated heterocycles. The van der Waals surface area contributed by atoms with Gasteiger partial charge in [0, 0.05) is 38.1 Å². The van der Waals surface area contributed by atoms with Gasteiger partial charge >= 0.3 is 0 Å². The molecule has 1 fully saturated rings. The summed E-state index contributed by atoms with van der Waals surface area (Å²) in [5.41, 5.74) is 1.74. The molecule has 0 saturated carbocycles. The van der Waals surface area contributed by atoms with Crippen molar-refractivity contribution in [1.82, 2.24) is 14.5 Å². The lowest BCUT2D eigenvalue weighted by molar-refractivity contribution is 0.0972. The first-order chi connectivity index (χ1) is 13.1. The number of fused-ring (bicyclic) bond motifs is 1. The summed E-state index contributed by atoms with van der Waals surface area (Å²) >= 11 is 0. The Hall–Kier alpha value is -2.41. The molecular formula is C20H23F2N3O2. The van der Waals surface area contributed by atoms with Crippen LogP contribution in [-0.4, -0.2) is 40.1 Å². The normalized spacial score (nSPS) is 16.4. The highest BCUT2D eigenvalue weighted by molar-refractivity contribution is 5.86. The fourth-order valence-corrected chi connectivity index (χ4v) is 3.68. The third-order valence-electron chi connectivity index (χ3n) is 4.99. The molecule has 1 aromatic carbocycles. The number of piperidine rings is 1. The molecule has 1 aliphatic rings. The highest BCUT2D eigenvalue weighted by atomic mass is 19.3. The van der Waals surface area contributed by atoms with Gasteiger partial charge in [0.2, 0.25) is 0 Å². The fraction of sp³-hybridized carbons (Fsp3) is 0.450. The first-order valence-electron chi connectivity index (χ1n) is 9.24. The Morgan fingerprint density at radius 3 is 2.78 bits per heavy atom. The third-order valence-corrected chi connectivity index (χ3v) is 4.99. The molecule has 4 rings (SSSR count). The number of alkyl halides is 2. The summed E-state index contributed by atoms with van der Waals surface area (Å²) < 4.78 is 38.5. The van der Waals surface area contributed by atoms with E-state index in [1.54, 1.807) is 17.0 Å². The SMILES string of the molecule is Cc1nc(CN2CCC(Oc3cccc4c3ccn4CC(F)F)CC2)co1. The predicted molar refractivity (Wildman–Crippen MR) is 98.1 cm³/mol. The second-order valence-electron chi connectivity index (χ2n) is 7.00. The van der Waals surface area contributed by atoms with Gasteiger partial charge in [-0.25, -0.2) is 13.8 Å². The Morgan fingerprint density at radius 1 is 1.26 bits per heavy atom. The van der Waals surface area contributed by atoms with Gasteiger partial charge in [-0.05, 0) is 31.0 Å². The van der Waals surface area contributed by atoms with E-state index in [-0.39, 0.29) is 12.6 Å². The van der Waals surface area contributed by atoms with E-state index < -0.39 is 6.43 Å². The van der Waals surface area contributed by atoms with Gasteiger partial charge in [-0.2, -0.15) is 0 Å². The monoisotopic (exact) mass is 375 g/mol. The lowest BCUT2D eigenvalue weighted by Crippen LogP contribution is -2.37. The summed E-state index contributed by atoms with van der Waals surface area (Å²) in [5, 5.41) is 0.888. The van der Waals surface area contributed by atoms with Gasteiger partial charge in [-0.3, -0.25) is 4.90 Å². The van der Waals surface area contributed by atoms with Crippen LogP contribution in [0.1, 0.15) is 24.4 Å². The second-order valence-corrected chi connectivity index (χ2v) is 7.00. The number of benzene rings is 1. The van der Waals surface area contributed by atoms with Gasteiger partial charge < -0.3 is 13.7 Å². The summed E-state index contributed by atoms with van der Waals surface area (Å²) in [6, 6.07) is 7.49. The van der Waals surface area contributed by atoms with E-state index in [1.165, 1.54) is 0 Å². The van der Waals surface area contributed by atoms with Crippen molar-refractivity contribution in [3.63, 3.8) is 0 Å². The molecule has 1 aliphatic heterocycles. The summed E-state index contributed by atoms with van der Waals surface area (Å²) in [7, 11) is 0. The summed E-state index contributed by atoms with van der Waals surface area (Å²) in [6.07, 6.45) is 3.01. The van der Waals surface area contributed by atoms with E-state index in [9.17, 15) is 8.78 Å². The Balaban J connectivity index is 1.38. The van der Waals surface area contributed by atoms with Crippen LogP contribution in [-0.2, 0) is 13.1 Å². The average molecular weight is 375 g/mol. The van der Waals surface area contributed by atoms with Crippen LogP contribution in [0.3, 0.4) is 0 Å². The molecule has 5 nitrogen and oxygen atoms in total. The van der Waals surface area contributed by atoms with Crippen LogP contribution in [0, 0.1) is 6.92 Å². The molecule has 3 aromatic rings. The van der Waals surface area contributed by atoms with Crippen LogP contribution in [0.5, 0.6) is 5.75 Å². The van der Waals surface area contributed by atoms with Crippen LogP contribution in [0.25, 0.3) is 10.9 Å². The van der Waals surface area contributed by atoms with Crippen LogP contribution < -0.4 is 4.74 Å². The number of likely N-dealkylation sites (tertiary alicyclic amines) is 1. The van der Waals surface area contributed by atoms with Gasteiger partial charge in [0.1, 0.15) is 18.1 Å². The number of hydrogen-bond acceptors (Lipinski definition) is 4. The van der Waals surface area contributed by atoms with Crippen molar-refractivity contribution >= 4 is 10.9 Å². The molecule has 7 heteroatoms. The number of aromatic nitrogens is 2. The lowest BCUT2D eigenvalue weighted by atomic mass is 10.1. The summed E-state index contributed by atoms with van der Waals surface area (Å²) in [6.45, 7) is 4.19. The van der Waals surface area contributed by atoms with Crippen molar-refractivity contribution in [2.24, 2.45) is 0 Å². The number of oxazole rings is 1. The molecule has 3 heterocycles. The summed E-state index contributed by atoms with van der Waals surface area (Å²) in [4.78, 5) is 6.70. The van der Waals surface area contributed by atoms with E-state index >= 15 is 0 Å². The van der Waals surface area contributed by atoms with Gasteiger partial charge in [0.05, 0.1) is 17.8 Å². The Labute approximate surface area is 156 Å². The molecule has 0 N–H and O–H groups in total. The molecular weight excluding hydrogens is 352 g/mol. The van der Waals surface area contributed by atoms with Crippen molar-refractivity contribution in [1.29, 1.82) is 0 Å². The Bertz CT molecular complexity index is 898.